The van der Waals surface area contributed by atoms with Gasteiger partial charge in [-0.25, -0.2) is 9.97 Å². The number of halogens is 3. The number of aromatic nitrogens is 2. The molecule has 3 rings (SSSR count). The first-order valence-electron chi connectivity index (χ1n) is 11.1. The Hall–Kier alpha value is -4.39. The lowest BCUT2D eigenvalue weighted by Gasteiger charge is -2.11. The Kier molecular flexibility index (Phi) is 8.73. The van der Waals surface area contributed by atoms with E-state index in [1.165, 1.54) is 33.5 Å². The summed E-state index contributed by atoms with van der Waals surface area (Å²) in [5.74, 6) is -0.110. The molecule has 0 aliphatic carbocycles. The normalized spacial score (nSPS) is 12.4. The average molecular weight is 534 g/mol. The minimum absolute atomic E-state index is 0.0147. The third kappa shape index (κ3) is 5.94. The number of rotatable bonds is 9. The Morgan fingerprint density at radius 1 is 1.18 bits per heavy atom. The number of hydrogen-bond donors (Lipinski definition) is 2. The number of nitrogens with one attached hydrogen (secondary N) is 1. The fourth-order valence-corrected chi connectivity index (χ4v) is 3.45. The van der Waals surface area contributed by atoms with Crippen LogP contribution >= 0.6 is 0 Å². The molecule has 0 aliphatic heterocycles. The van der Waals surface area contributed by atoms with Crippen molar-refractivity contribution in [2.24, 2.45) is 10.7 Å². The van der Waals surface area contributed by atoms with Crippen molar-refractivity contribution in [3.8, 4) is 17.2 Å². The lowest BCUT2D eigenvalue weighted by molar-refractivity contribution is -0.140. The molecule has 10 nitrogen and oxygen atoms in total. The Balaban J connectivity index is 1.96. The summed E-state index contributed by atoms with van der Waals surface area (Å²) in [5.41, 5.74) is 5.41. The largest absolute Gasteiger partial charge is 0.494 e. The molecule has 38 heavy (non-hydrogen) atoms. The van der Waals surface area contributed by atoms with Crippen LogP contribution in [0.4, 0.5) is 13.2 Å². The van der Waals surface area contributed by atoms with E-state index in [4.69, 9.17) is 24.4 Å². The molecule has 13 heteroatoms. The fourth-order valence-electron chi connectivity index (χ4n) is 3.45. The van der Waals surface area contributed by atoms with Crippen LogP contribution in [0.5, 0.6) is 5.75 Å². The maximum absolute atomic E-state index is 13.3. The third-order valence-corrected chi connectivity index (χ3v) is 5.38. The number of carbonyl (C=O) groups is 1. The molecule has 0 aliphatic rings. The summed E-state index contributed by atoms with van der Waals surface area (Å²) in [5, 5.41) is 2.98. The van der Waals surface area contributed by atoms with Crippen LogP contribution in [-0.2, 0) is 22.2 Å². The highest BCUT2D eigenvalue weighted by molar-refractivity contribution is 5.99. The zero-order valence-electron chi connectivity index (χ0n) is 21.1. The van der Waals surface area contributed by atoms with E-state index in [1.54, 1.807) is 19.1 Å². The molecule has 0 atom stereocenters. The monoisotopic (exact) mass is 533 g/mol. The minimum atomic E-state index is -4.65. The molecule has 0 unspecified atom stereocenters. The van der Waals surface area contributed by atoms with Gasteiger partial charge in [-0.2, -0.15) is 18.2 Å². The zero-order chi connectivity index (χ0) is 28.0. The number of alkyl halides is 3. The van der Waals surface area contributed by atoms with Crippen LogP contribution in [0.25, 0.3) is 22.4 Å². The molecule has 0 fully saturated rings. The summed E-state index contributed by atoms with van der Waals surface area (Å²) in [6, 6.07) is 5.07. The Morgan fingerprint density at radius 2 is 1.92 bits per heavy atom. The molecule has 1 amide bonds. The minimum Gasteiger partial charge on any atom is -0.494 e. The summed E-state index contributed by atoms with van der Waals surface area (Å²) in [6.45, 7) is 5.21. The van der Waals surface area contributed by atoms with Gasteiger partial charge in [0.25, 0.3) is 5.91 Å². The van der Waals surface area contributed by atoms with Crippen LogP contribution in [0.1, 0.15) is 28.9 Å². The second kappa shape index (κ2) is 11.8. The number of benzene rings is 1. The van der Waals surface area contributed by atoms with Crippen molar-refractivity contribution < 1.29 is 36.6 Å². The van der Waals surface area contributed by atoms with Gasteiger partial charge in [-0.05, 0) is 37.8 Å². The van der Waals surface area contributed by atoms with E-state index >= 15 is 0 Å². The number of allylic oxidation sites excluding steroid dienone is 1. The third-order valence-electron chi connectivity index (χ3n) is 5.38. The number of amides is 1. The van der Waals surface area contributed by atoms with Crippen molar-refractivity contribution in [1.29, 1.82) is 0 Å². The van der Waals surface area contributed by atoms with Gasteiger partial charge >= 0.3 is 6.18 Å². The van der Waals surface area contributed by atoms with Gasteiger partial charge in [0.2, 0.25) is 17.7 Å². The first-order chi connectivity index (χ1) is 18.1. The van der Waals surface area contributed by atoms with Crippen molar-refractivity contribution in [1.82, 2.24) is 15.3 Å². The van der Waals surface area contributed by atoms with Crippen molar-refractivity contribution in [2.45, 2.75) is 19.6 Å². The lowest BCUT2D eigenvalue weighted by atomic mass is 10.1. The Bertz CT molecular complexity index is 1410. The number of fused-ring (bicyclic) bond motifs is 1. The maximum Gasteiger partial charge on any atom is 0.433 e. The maximum atomic E-state index is 13.3. The summed E-state index contributed by atoms with van der Waals surface area (Å²) in [4.78, 5) is 25.1. The van der Waals surface area contributed by atoms with Gasteiger partial charge in [0.05, 0.1) is 27.9 Å². The van der Waals surface area contributed by atoms with Gasteiger partial charge in [-0.1, -0.05) is 6.08 Å². The van der Waals surface area contributed by atoms with E-state index in [0.29, 0.717) is 11.1 Å². The molecular formula is C25H26F3N5O5. The lowest BCUT2D eigenvalue weighted by Crippen LogP contribution is -2.29. The van der Waals surface area contributed by atoms with E-state index in [-0.39, 0.29) is 58.9 Å². The van der Waals surface area contributed by atoms with Crippen molar-refractivity contribution in [3.05, 3.63) is 65.5 Å². The summed E-state index contributed by atoms with van der Waals surface area (Å²) >= 11 is 0. The van der Waals surface area contributed by atoms with E-state index in [1.807, 2.05) is 0 Å². The highest BCUT2D eigenvalue weighted by Crippen LogP contribution is 2.36. The fraction of sp³-hybridized carbons (Fsp3) is 0.280. The molecule has 0 saturated carbocycles. The predicted molar refractivity (Wildman–Crippen MR) is 133 cm³/mol. The van der Waals surface area contributed by atoms with Gasteiger partial charge < -0.3 is 29.7 Å². The summed E-state index contributed by atoms with van der Waals surface area (Å²) in [6.07, 6.45) is -2.96. The predicted octanol–water partition coefficient (Wildman–Crippen LogP) is 4.21. The van der Waals surface area contributed by atoms with Crippen molar-refractivity contribution >= 4 is 22.7 Å². The molecular weight excluding hydrogens is 507 g/mol. The topological polar surface area (TPSA) is 134 Å². The zero-order valence-corrected chi connectivity index (χ0v) is 21.1. The summed E-state index contributed by atoms with van der Waals surface area (Å²) < 4.78 is 60.9. The Labute approximate surface area is 216 Å². The van der Waals surface area contributed by atoms with Gasteiger partial charge in [0.1, 0.15) is 17.0 Å². The standard InChI is InChI=1S/C25H26F3N5O5/c1-6-14(23(37-5)31-13(2)35-3)12-30-22(34)21-18(11-29)38-24(33-21)16-7-9-17(36-4)20-15(16)8-10-19(32-20)25(26,27)28/h6-10H,2,11-12,29H2,1,3-5H3,(H,30,34)/b14-6-,31-23?. The molecule has 0 saturated heterocycles. The van der Waals surface area contributed by atoms with E-state index in [2.05, 4.69) is 26.9 Å². The number of aliphatic imine (C=N–C) groups is 1. The molecule has 3 aromatic rings. The Morgan fingerprint density at radius 3 is 2.50 bits per heavy atom. The smallest absolute Gasteiger partial charge is 0.433 e. The number of pyridine rings is 1. The van der Waals surface area contributed by atoms with E-state index < -0.39 is 17.8 Å². The quantitative estimate of drug-likeness (QED) is 0.237. The van der Waals surface area contributed by atoms with E-state index in [9.17, 15) is 18.0 Å². The highest BCUT2D eigenvalue weighted by atomic mass is 19.4. The number of nitrogens with zero attached hydrogens (tertiary/aromatic N) is 3. The molecule has 202 valence electrons. The van der Waals surface area contributed by atoms with Gasteiger partial charge in [0, 0.05) is 23.1 Å². The second-order valence-corrected chi connectivity index (χ2v) is 7.62. The van der Waals surface area contributed by atoms with Gasteiger partial charge in [0.15, 0.2) is 11.5 Å². The molecule has 2 heterocycles. The van der Waals surface area contributed by atoms with Gasteiger partial charge in [-0.3, -0.25) is 4.79 Å². The van der Waals surface area contributed by atoms with Gasteiger partial charge in [-0.15, -0.1) is 0 Å². The molecule has 0 spiro atoms. The first kappa shape index (κ1) is 28.2. The van der Waals surface area contributed by atoms with Crippen molar-refractivity contribution in [3.63, 3.8) is 0 Å². The number of oxazole rings is 1. The van der Waals surface area contributed by atoms with Crippen LogP contribution in [0.3, 0.4) is 0 Å². The number of methoxy groups -OCH3 is 3. The van der Waals surface area contributed by atoms with Crippen molar-refractivity contribution in [2.75, 3.05) is 27.9 Å². The number of ether oxygens (including phenoxy) is 3. The number of nitrogens with two attached hydrogens (primary N) is 1. The molecule has 1 aromatic carbocycles. The SMILES string of the molecule is C=C(N=C(OC)/C(=C\C)CNC(=O)c1nc(-c2ccc(OC)c3nc(C(F)(F)F)ccc23)oc1CN)OC. The van der Waals surface area contributed by atoms with Crippen LogP contribution in [0, 0.1) is 0 Å². The van der Waals surface area contributed by atoms with Crippen LogP contribution in [0.2, 0.25) is 0 Å². The number of hydrogen-bond acceptors (Lipinski definition) is 9. The molecule has 0 radical (unpaired) electrons. The van der Waals surface area contributed by atoms with E-state index in [0.717, 1.165) is 6.07 Å². The van der Waals surface area contributed by atoms with Crippen LogP contribution < -0.4 is 15.8 Å². The van der Waals surface area contributed by atoms with Crippen LogP contribution in [0.15, 0.2) is 57.8 Å². The first-order valence-corrected chi connectivity index (χ1v) is 11.1. The molecule has 3 N–H and O–H groups in total. The highest BCUT2D eigenvalue weighted by Gasteiger charge is 2.33. The average Bonchev–Trinajstić information content (AvgIpc) is 3.35. The second-order valence-electron chi connectivity index (χ2n) is 7.62. The van der Waals surface area contributed by atoms with Crippen LogP contribution in [-0.4, -0.2) is 49.6 Å². The number of carbonyl (C=O) groups excluding carboxylic acids is 1. The molecule has 0 bridgehead atoms. The summed E-state index contributed by atoms with van der Waals surface area (Å²) in [7, 11) is 4.14. The molecule has 2 aromatic heterocycles.